The number of benzene rings is 2. The standard InChI is InChI=1S/C20H24N2O3/c1-3-4-7-14-25-17-12-10-16(11-13-17)15-21-22-20(23)18-8-5-6-9-19(18)24-2/h5-6,8-13,15H,3-4,7,14H2,1-2H3,(H,22,23)/b21-15+. The molecule has 5 nitrogen and oxygen atoms in total. The molecule has 0 heterocycles. The molecule has 0 aliphatic rings. The number of methoxy groups -OCH3 is 1. The largest absolute Gasteiger partial charge is 0.496 e. The quantitative estimate of drug-likeness (QED) is 0.426. The highest BCUT2D eigenvalue weighted by Crippen LogP contribution is 2.16. The Labute approximate surface area is 148 Å². The third kappa shape index (κ3) is 5.95. The van der Waals surface area contributed by atoms with Gasteiger partial charge in [0.05, 0.1) is 25.5 Å². The molecule has 0 radical (unpaired) electrons. The summed E-state index contributed by atoms with van der Waals surface area (Å²) in [5, 5.41) is 3.99. The number of carbonyl (C=O) groups is 1. The molecule has 0 unspecified atom stereocenters. The summed E-state index contributed by atoms with van der Waals surface area (Å²) in [5.41, 5.74) is 3.82. The first kappa shape index (κ1) is 18.5. The minimum atomic E-state index is -0.315. The van der Waals surface area contributed by atoms with Gasteiger partial charge in [0.25, 0.3) is 5.91 Å². The van der Waals surface area contributed by atoms with Gasteiger partial charge in [-0.05, 0) is 48.4 Å². The molecule has 1 amide bonds. The molecule has 0 aromatic heterocycles. The SMILES string of the molecule is CCCCCOc1ccc(/C=N/NC(=O)c2ccccc2OC)cc1. The van der Waals surface area contributed by atoms with Gasteiger partial charge in [-0.25, -0.2) is 5.43 Å². The second-order valence-electron chi connectivity index (χ2n) is 5.52. The van der Waals surface area contributed by atoms with Crippen molar-refractivity contribution < 1.29 is 14.3 Å². The van der Waals surface area contributed by atoms with Gasteiger partial charge in [0.15, 0.2) is 0 Å². The number of ether oxygens (including phenoxy) is 2. The number of amides is 1. The van der Waals surface area contributed by atoms with Gasteiger partial charge in [-0.2, -0.15) is 5.10 Å². The van der Waals surface area contributed by atoms with Crippen LogP contribution in [0.1, 0.15) is 42.1 Å². The van der Waals surface area contributed by atoms with E-state index in [4.69, 9.17) is 9.47 Å². The van der Waals surface area contributed by atoms with E-state index in [1.54, 1.807) is 24.4 Å². The number of hydrazone groups is 1. The summed E-state index contributed by atoms with van der Waals surface area (Å²) >= 11 is 0. The van der Waals surface area contributed by atoms with E-state index in [1.165, 1.54) is 20.0 Å². The maximum atomic E-state index is 12.1. The zero-order valence-corrected chi connectivity index (χ0v) is 14.7. The summed E-state index contributed by atoms with van der Waals surface area (Å²) in [6.07, 6.45) is 5.01. The molecule has 0 atom stereocenters. The lowest BCUT2D eigenvalue weighted by Crippen LogP contribution is -2.18. The average molecular weight is 340 g/mol. The highest BCUT2D eigenvalue weighted by Gasteiger charge is 2.09. The number of unbranched alkanes of at least 4 members (excludes halogenated alkanes) is 2. The van der Waals surface area contributed by atoms with E-state index in [-0.39, 0.29) is 5.91 Å². The van der Waals surface area contributed by atoms with Crippen molar-refractivity contribution in [2.45, 2.75) is 26.2 Å². The van der Waals surface area contributed by atoms with Crippen molar-refractivity contribution in [3.8, 4) is 11.5 Å². The Hall–Kier alpha value is -2.82. The molecule has 0 aliphatic carbocycles. The van der Waals surface area contributed by atoms with E-state index in [0.717, 1.165) is 24.3 Å². The first-order chi connectivity index (χ1) is 12.2. The van der Waals surface area contributed by atoms with Gasteiger partial charge in [0, 0.05) is 0 Å². The molecule has 0 spiro atoms. The third-order valence-corrected chi connectivity index (χ3v) is 3.63. The van der Waals surface area contributed by atoms with Gasteiger partial charge in [-0.3, -0.25) is 4.79 Å². The van der Waals surface area contributed by atoms with Crippen LogP contribution in [-0.4, -0.2) is 25.8 Å². The molecule has 0 fully saturated rings. The fourth-order valence-corrected chi connectivity index (χ4v) is 2.25. The number of rotatable bonds is 9. The Bertz CT molecular complexity index is 696. The number of carbonyl (C=O) groups excluding carboxylic acids is 1. The van der Waals surface area contributed by atoms with Crippen LogP contribution in [-0.2, 0) is 0 Å². The summed E-state index contributed by atoms with van der Waals surface area (Å²) in [6.45, 7) is 2.90. The van der Waals surface area contributed by atoms with Crippen molar-refractivity contribution in [3.63, 3.8) is 0 Å². The topological polar surface area (TPSA) is 59.9 Å². The summed E-state index contributed by atoms with van der Waals surface area (Å²) in [5.74, 6) is 1.04. The van der Waals surface area contributed by atoms with Gasteiger partial charge in [0.2, 0.25) is 0 Å². The molecule has 2 aromatic rings. The van der Waals surface area contributed by atoms with Crippen LogP contribution in [0.25, 0.3) is 0 Å². The van der Waals surface area contributed by atoms with Crippen molar-refractivity contribution in [2.75, 3.05) is 13.7 Å². The first-order valence-electron chi connectivity index (χ1n) is 8.44. The van der Waals surface area contributed by atoms with E-state index < -0.39 is 0 Å². The van der Waals surface area contributed by atoms with Crippen LogP contribution in [0.2, 0.25) is 0 Å². The Balaban J connectivity index is 1.86. The molecule has 0 bridgehead atoms. The van der Waals surface area contributed by atoms with Crippen molar-refractivity contribution >= 4 is 12.1 Å². The van der Waals surface area contributed by atoms with E-state index in [1.807, 2.05) is 30.3 Å². The van der Waals surface area contributed by atoms with Crippen LogP contribution < -0.4 is 14.9 Å². The maximum absolute atomic E-state index is 12.1. The van der Waals surface area contributed by atoms with Crippen LogP contribution in [0.4, 0.5) is 0 Å². The maximum Gasteiger partial charge on any atom is 0.275 e. The van der Waals surface area contributed by atoms with Crippen molar-refractivity contribution in [2.24, 2.45) is 5.10 Å². The smallest absolute Gasteiger partial charge is 0.275 e. The Morgan fingerprint density at radius 3 is 2.60 bits per heavy atom. The Morgan fingerprint density at radius 1 is 1.12 bits per heavy atom. The molecule has 2 rings (SSSR count). The molecular weight excluding hydrogens is 316 g/mol. The zero-order valence-electron chi connectivity index (χ0n) is 14.7. The Kier molecular flexibility index (Phi) is 7.50. The van der Waals surface area contributed by atoms with Crippen molar-refractivity contribution in [1.82, 2.24) is 5.43 Å². The van der Waals surface area contributed by atoms with E-state index >= 15 is 0 Å². The number of hydrogen-bond donors (Lipinski definition) is 1. The van der Waals surface area contributed by atoms with Crippen molar-refractivity contribution in [3.05, 3.63) is 59.7 Å². The highest BCUT2D eigenvalue weighted by atomic mass is 16.5. The molecule has 0 aliphatic heterocycles. The fraction of sp³-hybridized carbons (Fsp3) is 0.300. The van der Waals surface area contributed by atoms with Crippen LogP contribution in [0.15, 0.2) is 53.6 Å². The van der Waals surface area contributed by atoms with Crippen LogP contribution in [0, 0.1) is 0 Å². The number of hydrogen-bond acceptors (Lipinski definition) is 4. The van der Waals surface area contributed by atoms with Gasteiger partial charge in [-0.15, -0.1) is 0 Å². The van der Waals surface area contributed by atoms with E-state index in [2.05, 4.69) is 17.5 Å². The predicted octanol–water partition coefficient (Wildman–Crippen LogP) is 4.03. The second-order valence-corrected chi connectivity index (χ2v) is 5.52. The summed E-state index contributed by atoms with van der Waals surface area (Å²) in [7, 11) is 1.53. The van der Waals surface area contributed by atoms with E-state index in [9.17, 15) is 4.79 Å². The lowest BCUT2D eigenvalue weighted by atomic mass is 10.2. The molecule has 5 heteroatoms. The van der Waals surface area contributed by atoms with Crippen molar-refractivity contribution in [1.29, 1.82) is 0 Å². The monoisotopic (exact) mass is 340 g/mol. The average Bonchev–Trinajstić information content (AvgIpc) is 2.66. The summed E-state index contributed by atoms with van der Waals surface area (Å²) in [4.78, 5) is 12.1. The zero-order chi connectivity index (χ0) is 17.9. The summed E-state index contributed by atoms with van der Waals surface area (Å²) in [6, 6.07) is 14.6. The molecule has 0 saturated carbocycles. The first-order valence-corrected chi connectivity index (χ1v) is 8.44. The van der Waals surface area contributed by atoms with Crippen LogP contribution >= 0.6 is 0 Å². The van der Waals surface area contributed by atoms with Gasteiger partial charge in [0.1, 0.15) is 11.5 Å². The van der Waals surface area contributed by atoms with Gasteiger partial charge >= 0.3 is 0 Å². The predicted molar refractivity (Wildman–Crippen MR) is 99.5 cm³/mol. The third-order valence-electron chi connectivity index (χ3n) is 3.63. The fourth-order valence-electron chi connectivity index (χ4n) is 2.25. The molecule has 25 heavy (non-hydrogen) atoms. The number of nitrogens with zero attached hydrogens (tertiary/aromatic N) is 1. The second kappa shape index (κ2) is 10.1. The Morgan fingerprint density at radius 2 is 1.88 bits per heavy atom. The lowest BCUT2D eigenvalue weighted by molar-refractivity contribution is 0.0952. The highest BCUT2D eigenvalue weighted by molar-refractivity contribution is 5.97. The minimum Gasteiger partial charge on any atom is -0.496 e. The number of nitrogens with one attached hydrogen (secondary N) is 1. The molecule has 0 saturated heterocycles. The molecule has 132 valence electrons. The normalized spacial score (nSPS) is 10.6. The molecule has 2 aromatic carbocycles. The van der Waals surface area contributed by atoms with Gasteiger partial charge < -0.3 is 9.47 Å². The number of para-hydroxylation sites is 1. The van der Waals surface area contributed by atoms with Gasteiger partial charge in [-0.1, -0.05) is 31.9 Å². The lowest BCUT2D eigenvalue weighted by Gasteiger charge is -2.06. The van der Waals surface area contributed by atoms with E-state index in [0.29, 0.717) is 11.3 Å². The van der Waals surface area contributed by atoms with Crippen LogP contribution in [0.5, 0.6) is 11.5 Å². The minimum absolute atomic E-state index is 0.315. The van der Waals surface area contributed by atoms with Crippen LogP contribution in [0.3, 0.4) is 0 Å². The molecular formula is C20H24N2O3. The summed E-state index contributed by atoms with van der Waals surface area (Å²) < 4.78 is 10.8. The molecule has 1 N–H and O–H groups in total.